The number of allylic oxidation sites excluding steroid dienone is 10. The standard InChI is InChI=1S/C61H104O12/c1-4-7-10-13-16-19-22-25-26-27-28-31-34-37-40-43-46-49-55(64)72-59-57(66)56(65)58(60(67)68)73-61(59)70-51-52(71-54(63)48-45-42-39-36-33-30-24-21-18-15-12-9-6-3)50-69-53(62)47-44-41-38-35-32-29-23-20-17-14-11-8-5-2/h7,10,16,19,25-26,28,31,37,40,52,56-59,61,65-66H,4-6,8-9,11-15,17-18,20-24,27,29-30,32-36,38-39,41-51H2,1-3H3,(H,67,68)/b10-7-,19-16-,26-25-,31-28-,40-37-. The minimum absolute atomic E-state index is 0.0165. The van der Waals surface area contributed by atoms with Gasteiger partial charge in [-0.1, -0.05) is 236 Å². The third-order valence-electron chi connectivity index (χ3n) is 13.1. The molecule has 1 aliphatic rings. The molecule has 1 heterocycles. The number of carboxylic acids is 1. The molecule has 73 heavy (non-hydrogen) atoms. The van der Waals surface area contributed by atoms with Crippen molar-refractivity contribution in [3.63, 3.8) is 0 Å². The molecule has 12 heteroatoms. The van der Waals surface area contributed by atoms with E-state index in [1.807, 2.05) is 12.2 Å². The Morgan fingerprint density at radius 3 is 1.30 bits per heavy atom. The minimum Gasteiger partial charge on any atom is -0.479 e. The van der Waals surface area contributed by atoms with Crippen molar-refractivity contribution in [2.75, 3.05) is 13.2 Å². The molecule has 1 aliphatic heterocycles. The highest BCUT2D eigenvalue weighted by Gasteiger charge is 2.50. The second-order valence-electron chi connectivity index (χ2n) is 19.9. The Morgan fingerprint density at radius 1 is 0.466 bits per heavy atom. The molecule has 3 N–H and O–H groups in total. The van der Waals surface area contributed by atoms with Crippen molar-refractivity contribution in [2.24, 2.45) is 0 Å². The summed E-state index contributed by atoms with van der Waals surface area (Å²) in [5, 5.41) is 31.4. The number of carbonyl (C=O) groups excluding carboxylic acids is 3. The van der Waals surface area contributed by atoms with Crippen LogP contribution in [0.2, 0.25) is 0 Å². The number of aliphatic carboxylic acids is 1. The zero-order chi connectivity index (χ0) is 53.3. The molecule has 0 radical (unpaired) electrons. The van der Waals surface area contributed by atoms with E-state index < -0.39 is 67.3 Å². The van der Waals surface area contributed by atoms with Gasteiger partial charge >= 0.3 is 23.9 Å². The number of rotatable bonds is 49. The Morgan fingerprint density at radius 2 is 0.863 bits per heavy atom. The number of carboxylic acid groups (broad SMARTS) is 1. The lowest BCUT2D eigenvalue weighted by Crippen LogP contribution is -2.61. The van der Waals surface area contributed by atoms with Gasteiger partial charge in [0.2, 0.25) is 0 Å². The lowest BCUT2D eigenvalue weighted by Gasteiger charge is -2.40. The molecule has 0 spiro atoms. The normalized spacial score (nSPS) is 18.7. The van der Waals surface area contributed by atoms with Crippen LogP contribution in [0.4, 0.5) is 0 Å². The Kier molecular flexibility index (Phi) is 45.5. The summed E-state index contributed by atoms with van der Waals surface area (Å²) in [5.74, 6) is -3.18. The summed E-state index contributed by atoms with van der Waals surface area (Å²) < 4.78 is 28.4. The lowest BCUT2D eigenvalue weighted by atomic mass is 9.98. The van der Waals surface area contributed by atoms with Crippen LogP contribution in [-0.4, -0.2) is 89.2 Å². The highest BCUT2D eigenvalue weighted by atomic mass is 16.7. The van der Waals surface area contributed by atoms with Crippen molar-refractivity contribution >= 4 is 23.9 Å². The second-order valence-corrected chi connectivity index (χ2v) is 19.9. The Labute approximate surface area is 443 Å². The second kappa shape index (κ2) is 49.3. The number of aliphatic hydroxyl groups excluding tert-OH is 2. The molecule has 0 saturated carbocycles. The zero-order valence-corrected chi connectivity index (χ0v) is 46.1. The largest absolute Gasteiger partial charge is 0.479 e. The van der Waals surface area contributed by atoms with Crippen LogP contribution in [0, 0.1) is 0 Å². The molecular weight excluding hydrogens is 925 g/mol. The monoisotopic (exact) mass is 1030 g/mol. The molecule has 1 fully saturated rings. The van der Waals surface area contributed by atoms with Crippen LogP contribution in [0.5, 0.6) is 0 Å². The van der Waals surface area contributed by atoms with E-state index in [0.717, 1.165) is 70.6 Å². The fourth-order valence-corrected chi connectivity index (χ4v) is 8.64. The number of carbonyl (C=O) groups is 4. The molecule has 6 unspecified atom stereocenters. The summed E-state index contributed by atoms with van der Waals surface area (Å²) in [6.45, 7) is 5.86. The topological polar surface area (TPSA) is 175 Å². The van der Waals surface area contributed by atoms with E-state index >= 15 is 0 Å². The first-order valence-corrected chi connectivity index (χ1v) is 29.3. The maximum absolute atomic E-state index is 13.1. The van der Waals surface area contributed by atoms with Gasteiger partial charge in [-0.05, 0) is 57.8 Å². The van der Waals surface area contributed by atoms with Crippen molar-refractivity contribution in [1.82, 2.24) is 0 Å². The van der Waals surface area contributed by atoms with E-state index in [1.165, 1.54) is 116 Å². The Hall–Kier alpha value is -3.58. The predicted octanol–water partition coefficient (Wildman–Crippen LogP) is 14.8. The maximum atomic E-state index is 13.1. The van der Waals surface area contributed by atoms with Crippen LogP contribution < -0.4 is 0 Å². The molecule has 6 atom stereocenters. The van der Waals surface area contributed by atoms with Crippen molar-refractivity contribution in [3.05, 3.63) is 60.8 Å². The SMILES string of the molecule is CC/C=C\C/C=C\C/C=C\C/C=C\C/C=C\CCCC(=O)OC1C(OCC(COC(=O)CCCCCCCCCCCCCCC)OC(=O)CCCCCCCCCCCCCCC)OC(C(=O)O)C(O)C1O. The van der Waals surface area contributed by atoms with Gasteiger partial charge in [0.05, 0.1) is 6.61 Å². The number of ether oxygens (including phenoxy) is 5. The Balaban J connectivity index is 2.72. The van der Waals surface area contributed by atoms with E-state index in [-0.39, 0.29) is 25.9 Å². The average molecular weight is 1030 g/mol. The van der Waals surface area contributed by atoms with Crippen LogP contribution in [-0.2, 0) is 42.9 Å². The molecule has 0 aromatic rings. The summed E-state index contributed by atoms with van der Waals surface area (Å²) in [6.07, 6.45) is 47.7. The van der Waals surface area contributed by atoms with Crippen LogP contribution >= 0.6 is 0 Å². The van der Waals surface area contributed by atoms with Crippen LogP contribution in [0.15, 0.2) is 60.8 Å². The quantitative estimate of drug-likeness (QED) is 0.0228. The van der Waals surface area contributed by atoms with Gasteiger partial charge in [-0.25, -0.2) is 4.79 Å². The third kappa shape index (κ3) is 39.5. The number of hydrogen-bond donors (Lipinski definition) is 3. The van der Waals surface area contributed by atoms with Crippen LogP contribution in [0.25, 0.3) is 0 Å². The summed E-state index contributed by atoms with van der Waals surface area (Å²) >= 11 is 0. The first-order chi connectivity index (χ1) is 35.6. The molecule has 420 valence electrons. The van der Waals surface area contributed by atoms with E-state index in [2.05, 4.69) is 69.4 Å². The van der Waals surface area contributed by atoms with Crippen LogP contribution in [0.3, 0.4) is 0 Å². The average Bonchev–Trinajstić information content (AvgIpc) is 3.37. The van der Waals surface area contributed by atoms with Gasteiger partial charge in [-0.3, -0.25) is 14.4 Å². The number of aliphatic hydroxyl groups is 2. The molecule has 0 aromatic heterocycles. The summed E-state index contributed by atoms with van der Waals surface area (Å²) in [7, 11) is 0. The van der Waals surface area contributed by atoms with E-state index in [1.54, 1.807) is 0 Å². The Bertz CT molecular complexity index is 1500. The first kappa shape index (κ1) is 67.4. The smallest absolute Gasteiger partial charge is 0.335 e. The lowest BCUT2D eigenvalue weighted by molar-refractivity contribution is -0.301. The molecule has 0 bridgehead atoms. The van der Waals surface area contributed by atoms with Gasteiger partial charge in [0, 0.05) is 19.3 Å². The zero-order valence-electron chi connectivity index (χ0n) is 46.1. The maximum Gasteiger partial charge on any atom is 0.335 e. The predicted molar refractivity (Wildman–Crippen MR) is 294 cm³/mol. The fraction of sp³-hybridized carbons (Fsp3) is 0.770. The van der Waals surface area contributed by atoms with Gasteiger partial charge in [-0.15, -0.1) is 0 Å². The number of unbranched alkanes of at least 4 members (excludes halogenated alkanes) is 25. The van der Waals surface area contributed by atoms with Gasteiger partial charge in [0.1, 0.15) is 18.8 Å². The highest BCUT2D eigenvalue weighted by Crippen LogP contribution is 2.26. The molecule has 0 aromatic carbocycles. The van der Waals surface area contributed by atoms with E-state index in [4.69, 9.17) is 23.7 Å². The van der Waals surface area contributed by atoms with Crippen LogP contribution in [0.1, 0.15) is 252 Å². The van der Waals surface area contributed by atoms with Gasteiger partial charge < -0.3 is 39.0 Å². The number of esters is 3. The molecular formula is C61H104O12. The third-order valence-corrected chi connectivity index (χ3v) is 13.1. The van der Waals surface area contributed by atoms with Crippen molar-refractivity contribution in [1.29, 1.82) is 0 Å². The molecule has 1 rings (SSSR count). The van der Waals surface area contributed by atoms with E-state index in [0.29, 0.717) is 25.7 Å². The summed E-state index contributed by atoms with van der Waals surface area (Å²) in [5.41, 5.74) is 0. The minimum atomic E-state index is -1.92. The van der Waals surface area contributed by atoms with Crippen molar-refractivity contribution in [3.8, 4) is 0 Å². The van der Waals surface area contributed by atoms with Gasteiger partial charge in [-0.2, -0.15) is 0 Å². The van der Waals surface area contributed by atoms with Gasteiger partial charge in [0.25, 0.3) is 0 Å². The number of hydrogen-bond acceptors (Lipinski definition) is 11. The molecule has 0 aliphatic carbocycles. The highest BCUT2D eigenvalue weighted by molar-refractivity contribution is 5.74. The molecule has 0 amide bonds. The fourth-order valence-electron chi connectivity index (χ4n) is 8.64. The van der Waals surface area contributed by atoms with Crippen molar-refractivity contribution < 1.29 is 58.2 Å². The summed E-state index contributed by atoms with van der Waals surface area (Å²) in [6, 6.07) is 0. The van der Waals surface area contributed by atoms with Gasteiger partial charge in [0.15, 0.2) is 24.6 Å². The van der Waals surface area contributed by atoms with E-state index in [9.17, 15) is 34.5 Å². The molecule has 12 nitrogen and oxygen atoms in total. The molecule has 1 saturated heterocycles. The first-order valence-electron chi connectivity index (χ1n) is 29.3. The van der Waals surface area contributed by atoms with Crippen molar-refractivity contribution in [2.45, 2.75) is 289 Å². The summed E-state index contributed by atoms with van der Waals surface area (Å²) in [4.78, 5) is 51.0.